The molecule has 176 valence electrons. The number of rotatable bonds is 5. The van der Waals surface area contributed by atoms with Crippen molar-refractivity contribution in [3.05, 3.63) is 64.8 Å². The van der Waals surface area contributed by atoms with Crippen molar-refractivity contribution in [2.75, 3.05) is 0 Å². The van der Waals surface area contributed by atoms with E-state index >= 15 is 0 Å². The largest absolute Gasteiger partial charge is 0.476 e. The molecule has 0 aliphatic rings. The molecule has 0 fully saturated rings. The minimum absolute atomic E-state index is 0.0189. The normalized spacial score (nSPS) is 11.6. The van der Waals surface area contributed by atoms with Crippen LogP contribution in [0, 0.1) is 6.92 Å². The summed E-state index contributed by atoms with van der Waals surface area (Å²) in [5.74, 6) is -1.08. The van der Waals surface area contributed by atoms with Gasteiger partial charge in [0.15, 0.2) is 5.69 Å². The summed E-state index contributed by atoms with van der Waals surface area (Å²) in [6.45, 7) is 9.26. The molecule has 0 saturated heterocycles. The van der Waals surface area contributed by atoms with Gasteiger partial charge in [-0.15, -0.1) is 0 Å². The van der Waals surface area contributed by atoms with Gasteiger partial charge in [0, 0.05) is 22.2 Å². The first-order valence-corrected chi connectivity index (χ1v) is 11.7. The minimum atomic E-state index is -1.08. The zero-order chi connectivity index (χ0) is 24.6. The molecule has 1 aromatic carbocycles. The second-order valence-electron chi connectivity index (χ2n) is 8.77. The topological polar surface area (TPSA) is 99.2 Å². The molecule has 3 aromatic heterocycles. The summed E-state index contributed by atoms with van der Waals surface area (Å²) in [5, 5.41) is 14.9. The Morgan fingerprint density at radius 3 is 2.41 bits per heavy atom. The molecule has 1 N–H and O–H groups in total. The molecule has 9 heteroatoms. The van der Waals surface area contributed by atoms with Gasteiger partial charge < -0.3 is 9.84 Å². The van der Waals surface area contributed by atoms with Crippen LogP contribution in [0.4, 0.5) is 4.79 Å². The highest BCUT2D eigenvalue weighted by Gasteiger charge is 2.27. The Morgan fingerprint density at radius 1 is 1.12 bits per heavy atom. The van der Waals surface area contributed by atoms with Crippen LogP contribution in [-0.2, 0) is 11.2 Å². The van der Waals surface area contributed by atoms with Crippen molar-refractivity contribution in [3.63, 3.8) is 0 Å². The first-order valence-electron chi connectivity index (χ1n) is 10.9. The molecule has 3 heterocycles. The Balaban J connectivity index is 1.95. The maximum atomic E-state index is 13.0. The molecule has 0 unspecified atom stereocenters. The Labute approximate surface area is 201 Å². The molecule has 0 aliphatic carbocycles. The van der Waals surface area contributed by atoms with Gasteiger partial charge in [0.1, 0.15) is 5.60 Å². The van der Waals surface area contributed by atoms with Gasteiger partial charge in [0.2, 0.25) is 5.13 Å². The molecule has 0 spiro atoms. The standard InChI is InChI=1S/C25H26N4O4S/c1-6-18-20(22(30)31)26-23(34-18)29-21(15(2)19(27-29)16-11-8-7-9-12-16)17-13-10-14-28(17)24(32)33-25(3,4)5/h7-14H,6H2,1-5H3,(H,30,31). The maximum Gasteiger partial charge on any atom is 0.419 e. The van der Waals surface area contributed by atoms with Crippen LogP contribution in [0.1, 0.15) is 48.6 Å². The SMILES string of the molecule is CCc1sc(-n2nc(-c3ccccc3)c(C)c2-c2cccn2C(=O)OC(C)(C)C)nc1C(=O)O. The highest BCUT2D eigenvalue weighted by atomic mass is 32.1. The molecule has 0 saturated carbocycles. The average molecular weight is 479 g/mol. The zero-order valence-corrected chi connectivity index (χ0v) is 20.5. The van der Waals surface area contributed by atoms with Crippen molar-refractivity contribution >= 4 is 23.4 Å². The first kappa shape index (κ1) is 23.4. The number of hydrogen-bond acceptors (Lipinski definition) is 6. The Kier molecular flexibility index (Phi) is 6.14. The third-order valence-corrected chi connectivity index (χ3v) is 6.32. The number of carbonyl (C=O) groups is 2. The summed E-state index contributed by atoms with van der Waals surface area (Å²) in [7, 11) is 0. The van der Waals surface area contributed by atoms with E-state index < -0.39 is 17.7 Å². The molecule has 0 bridgehead atoms. The molecule has 4 rings (SSSR count). The van der Waals surface area contributed by atoms with Gasteiger partial charge in [-0.3, -0.25) is 4.57 Å². The quantitative estimate of drug-likeness (QED) is 0.388. The van der Waals surface area contributed by atoms with E-state index in [1.807, 2.05) is 71.0 Å². The van der Waals surface area contributed by atoms with Crippen molar-refractivity contribution in [2.24, 2.45) is 0 Å². The highest BCUT2D eigenvalue weighted by molar-refractivity contribution is 7.14. The van der Waals surface area contributed by atoms with E-state index in [0.29, 0.717) is 27.8 Å². The molecular weight excluding hydrogens is 452 g/mol. The number of carboxylic acid groups (broad SMARTS) is 1. The lowest BCUT2D eigenvalue weighted by molar-refractivity contribution is 0.0539. The maximum absolute atomic E-state index is 13.0. The number of thiazole rings is 1. The molecule has 8 nitrogen and oxygen atoms in total. The number of aryl methyl sites for hydroxylation is 1. The van der Waals surface area contributed by atoms with Crippen LogP contribution < -0.4 is 0 Å². The predicted octanol–water partition coefficient (Wildman–Crippen LogP) is 5.82. The van der Waals surface area contributed by atoms with E-state index in [0.717, 1.165) is 16.8 Å². The fraction of sp³-hybridized carbons (Fsp3) is 0.280. The number of carboxylic acids is 1. The van der Waals surface area contributed by atoms with Crippen molar-refractivity contribution in [2.45, 2.75) is 46.6 Å². The number of hydrogen-bond donors (Lipinski definition) is 1. The van der Waals surface area contributed by atoms with Crippen molar-refractivity contribution in [3.8, 4) is 27.8 Å². The summed E-state index contributed by atoms with van der Waals surface area (Å²) in [4.78, 5) is 29.8. The van der Waals surface area contributed by atoms with Crippen LogP contribution in [-0.4, -0.2) is 42.1 Å². The Morgan fingerprint density at radius 2 is 1.82 bits per heavy atom. The van der Waals surface area contributed by atoms with Crippen LogP contribution in [0.25, 0.3) is 27.8 Å². The lowest BCUT2D eigenvalue weighted by Crippen LogP contribution is -2.27. The van der Waals surface area contributed by atoms with Gasteiger partial charge in [-0.05, 0) is 46.2 Å². The number of aromatic carboxylic acids is 1. The second-order valence-corrected chi connectivity index (χ2v) is 9.83. The summed E-state index contributed by atoms with van der Waals surface area (Å²) < 4.78 is 8.66. The van der Waals surface area contributed by atoms with E-state index in [9.17, 15) is 14.7 Å². The fourth-order valence-electron chi connectivity index (χ4n) is 3.69. The van der Waals surface area contributed by atoms with Gasteiger partial charge in [0.05, 0.1) is 17.1 Å². The van der Waals surface area contributed by atoms with E-state index in [4.69, 9.17) is 9.84 Å². The number of ether oxygens (including phenoxy) is 1. The molecule has 0 radical (unpaired) electrons. The molecular formula is C25H26N4O4S. The minimum Gasteiger partial charge on any atom is -0.476 e. The predicted molar refractivity (Wildman–Crippen MR) is 131 cm³/mol. The molecule has 0 atom stereocenters. The Bertz CT molecular complexity index is 1360. The number of carbonyl (C=O) groups excluding carboxylic acids is 1. The zero-order valence-electron chi connectivity index (χ0n) is 19.7. The first-order chi connectivity index (χ1) is 16.1. The van der Waals surface area contributed by atoms with Crippen LogP contribution in [0.3, 0.4) is 0 Å². The van der Waals surface area contributed by atoms with E-state index in [-0.39, 0.29) is 5.69 Å². The van der Waals surface area contributed by atoms with Crippen molar-refractivity contribution in [1.29, 1.82) is 0 Å². The highest BCUT2D eigenvalue weighted by Crippen LogP contribution is 2.36. The number of nitrogens with zero attached hydrogens (tertiary/aromatic N) is 4. The van der Waals surface area contributed by atoms with E-state index in [1.54, 1.807) is 16.9 Å². The fourth-order valence-corrected chi connectivity index (χ4v) is 4.64. The number of aromatic nitrogens is 4. The number of benzene rings is 1. The lowest BCUT2D eigenvalue weighted by atomic mass is 10.1. The van der Waals surface area contributed by atoms with Gasteiger partial charge in [-0.25, -0.2) is 19.3 Å². The lowest BCUT2D eigenvalue weighted by Gasteiger charge is -2.20. The summed E-state index contributed by atoms with van der Waals surface area (Å²) >= 11 is 1.28. The smallest absolute Gasteiger partial charge is 0.419 e. The van der Waals surface area contributed by atoms with Gasteiger partial charge >= 0.3 is 12.1 Å². The third-order valence-electron chi connectivity index (χ3n) is 5.14. The average Bonchev–Trinajstić information content (AvgIpc) is 3.49. The van der Waals surface area contributed by atoms with Gasteiger partial charge in [-0.2, -0.15) is 5.10 Å². The van der Waals surface area contributed by atoms with Crippen LogP contribution in [0.15, 0.2) is 48.7 Å². The van der Waals surface area contributed by atoms with Gasteiger partial charge in [-0.1, -0.05) is 48.6 Å². The van der Waals surface area contributed by atoms with E-state index in [1.165, 1.54) is 15.9 Å². The van der Waals surface area contributed by atoms with Gasteiger partial charge in [0.25, 0.3) is 0 Å². The monoisotopic (exact) mass is 478 g/mol. The molecule has 4 aromatic rings. The van der Waals surface area contributed by atoms with Crippen LogP contribution >= 0.6 is 11.3 Å². The summed E-state index contributed by atoms with van der Waals surface area (Å²) in [5.41, 5.74) is 3.03. The summed E-state index contributed by atoms with van der Waals surface area (Å²) in [6, 6.07) is 13.3. The second kappa shape index (κ2) is 8.90. The molecule has 34 heavy (non-hydrogen) atoms. The van der Waals surface area contributed by atoms with Crippen LogP contribution in [0.5, 0.6) is 0 Å². The Hall–Kier alpha value is -3.72. The molecule has 0 aliphatic heterocycles. The third kappa shape index (κ3) is 4.38. The van der Waals surface area contributed by atoms with E-state index in [2.05, 4.69) is 4.98 Å². The van der Waals surface area contributed by atoms with Crippen molar-refractivity contribution in [1.82, 2.24) is 19.3 Å². The van der Waals surface area contributed by atoms with Crippen molar-refractivity contribution < 1.29 is 19.4 Å². The summed E-state index contributed by atoms with van der Waals surface area (Å²) in [6.07, 6.45) is 1.67. The molecule has 0 amide bonds. The van der Waals surface area contributed by atoms with Crippen LogP contribution in [0.2, 0.25) is 0 Å².